The minimum Gasteiger partial charge on any atom is -0.485 e. The molecule has 0 aromatic heterocycles. The maximum absolute atomic E-state index is 13.4. The Morgan fingerprint density at radius 2 is 1.42 bits per heavy atom. The van der Waals surface area contributed by atoms with Crippen molar-refractivity contribution in [2.24, 2.45) is 35.5 Å². The van der Waals surface area contributed by atoms with Crippen molar-refractivity contribution in [3.8, 4) is 16.9 Å². The van der Waals surface area contributed by atoms with Gasteiger partial charge in [-0.15, -0.1) is 0 Å². The van der Waals surface area contributed by atoms with E-state index in [-0.39, 0.29) is 47.9 Å². The summed E-state index contributed by atoms with van der Waals surface area (Å²) in [4.78, 5) is 40.8. The van der Waals surface area contributed by atoms with E-state index in [1.165, 1.54) is 4.90 Å². The number of amides is 2. The topological polar surface area (TPSA) is 63.7 Å². The van der Waals surface area contributed by atoms with Crippen molar-refractivity contribution in [1.29, 1.82) is 0 Å². The first kappa shape index (κ1) is 21.3. The Kier molecular flexibility index (Phi) is 4.75. The van der Waals surface area contributed by atoms with Crippen molar-refractivity contribution < 1.29 is 19.1 Å². The van der Waals surface area contributed by atoms with E-state index in [4.69, 9.17) is 4.74 Å². The Morgan fingerprint density at radius 3 is 2.08 bits per heavy atom. The standard InChI is InChI=1S/C31H25NO4/c33-27(20-11-9-19(10-12-20)18-5-2-1-3-6-18)17-36-22-8-4-7-21(15-22)32-30(34)28-23-13-14-24(26-16-25(23)26)29(28)31(32)35/h1-15,23-26,28-29H,16-17H2/t23-,24+,25-,26-,28+,29-/m1/s1. The minimum atomic E-state index is -0.235. The lowest BCUT2D eigenvalue weighted by atomic mass is 9.63. The van der Waals surface area contributed by atoms with Gasteiger partial charge in [0, 0.05) is 11.6 Å². The van der Waals surface area contributed by atoms with Gasteiger partial charge >= 0.3 is 0 Å². The summed E-state index contributed by atoms with van der Waals surface area (Å²) >= 11 is 0. The molecule has 1 saturated heterocycles. The fourth-order valence-electron chi connectivity index (χ4n) is 6.64. The van der Waals surface area contributed by atoms with Crippen LogP contribution in [0, 0.1) is 35.5 Å². The molecule has 0 unspecified atom stereocenters. The number of allylic oxidation sites excluding steroid dienone is 2. The SMILES string of the molecule is O=C(COc1cccc(N2C(=O)[C@@H]3[C@H]4C=C[C@H]([C@H]5C[C@H]45)[C@@H]3C2=O)c1)c1ccc(-c2ccccc2)cc1. The summed E-state index contributed by atoms with van der Waals surface area (Å²) in [6.45, 7) is -0.126. The first-order valence-corrected chi connectivity index (χ1v) is 12.6. The fourth-order valence-corrected chi connectivity index (χ4v) is 6.64. The van der Waals surface area contributed by atoms with Crippen molar-refractivity contribution >= 4 is 23.3 Å². The van der Waals surface area contributed by atoms with Crippen LogP contribution in [0.15, 0.2) is 91.0 Å². The fraction of sp³-hybridized carbons (Fsp3) is 0.258. The lowest BCUT2D eigenvalue weighted by molar-refractivity contribution is -0.124. The lowest BCUT2D eigenvalue weighted by Crippen LogP contribution is -2.40. The maximum Gasteiger partial charge on any atom is 0.238 e. The minimum absolute atomic E-state index is 0.0959. The van der Waals surface area contributed by atoms with Crippen molar-refractivity contribution in [3.05, 3.63) is 96.6 Å². The van der Waals surface area contributed by atoms with Crippen LogP contribution in [0.1, 0.15) is 16.8 Å². The maximum atomic E-state index is 13.4. The van der Waals surface area contributed by atoms with Gasteiger partial charge in [-0.05, 0) is 53.4 Å². The first-order chi connectivity index (χ1) is 17.6. The zero-order valence-corrected chi connectivity index (χ0v) is 19.6. The molecule has 3 aromatic carbocycles. The molecule has 2 bridgehead atoms. The van der Waals surface area contributed by atoms with E-state index in [9.17, 15) is 14.4 Å². The van der Waals surface area contributed by atoms with Crippen LogP contribution in [-0.2, 0) is 9.59 Å². The van der Waals surface area contributed by atoms with Gasteiger partial charge in [-0.1, -0.05) is 72.8 Å². The molecular formula is C31H25NO4. The first-order valence-electron chi connectivity index (χ1n) is 12.6. The van der Waals surface area contributed by atoms with Crippen molar-refractivity contribution in [2.75, 3.05) is 11.5 Å². The van der Waals surface area contributed by atoms with Crippen molar-refractivity contribution in [1.82, 2.24) is 0 Å². The molecule has 5 aliphatic rings. The van der Waals surface area contributed by atoms with Crippen molar-refractivity contribution in [2.45, 2.75) is 6.42 Å². The number of rotatable bonds is 6. The Hall–Kier alpha value is -3.99. The van der Waals surface area contributed by atoms with Crippen LogP contribution in [0.3, 0.4) is 0 Å². The molecule has 4 aliphatic carbocycles. The molecule has 0 spiro atoms. The van der Waals surface area contributed by atoms with Crippen LogP contribution in [0.5, 0.6) is 5.75 Å². The van der Waals surface area contributed by atoms with Gasteiger partial charge in [-0.2, -0.15) is 0 Å². The second-order valence-corrected chi connectivity index (χ2v) is 10.3. The molecule has 3 fully saturated rings. The highest BCUT2D eigenvalue weighted by Gasteiger charge is 2.67. The quantitative estimate of drug-likeness (QED) is 0.280. The van der Waals surface area contributed by atoms with Crippen molar-refractivity contribution in [3.63, 3.8) is 0 Å². The number of hydrogen-bond donors (Lipinski definition) is 0. The van der Waals surface area contributed by atoms with Gasteiger partial charge in [-0.25, -0.2) is 4.90 Å². The number of Topliss-reactive ketones (excluding diaryl/α,β-unsaturated/α-hetero) is 1. The van der Waals surface area contributed by atoms with E-state index < -0.39 is 0 Å². The molecular weight excluding hydrogens is 450 g/mol. The molecule has 2 saturated carbocycles. The van der Waals surface area contributed by atoms with E-state index in [0.29, 0.717) is 28.8 Å². The highest BCUT2D eigenvalue weighted by molar-refractivity contribution is 6.22. The van der Waals surface area contributed by atoms with E-state index in [2.05, 4.69) is 12.2 Å². The molecule has 1 heterocycles. The molecule has 8 rings (SSSR count). The van der Waals surface area contributed by atoms with Crippen LogP contribution in [0.25, 0.3) is 11.1 Å². The number of carbonyl (C=O) groups is 3. The highest BCUT2D eigenvalue weighted by atomic mass is 16.5. The molecule has 0 N–H and O–H groups in total. The third-order valence-electron chi connectivity index (χ3n) is 8.42. The van der Waals surface area contributed by atoms with E-state index >= 15 is 0 Å². The van der Waals surface area contributed by atoms with Gasteiger partial charge < -0.3 is 4.74 Å². The summed E-state index contributed by atoms with van der Waals surface area (Å²) in [7, 11) is 0. The number of hydrogen-bond acceptors (Lipinski definition) is 4. The molecule has 2 amide bonds. The van der Waals surface area contributed by atoms with Crippen LogP contribution in [0.2, 0.25) is 0 Å². The predicted molar refractivity (Wildman–Crippen MR) is 135 cm³/mol. The smallest absolute Gasteiger partial charge is 0.238 e. The summed E-state index contributed by atoms with van der Waals surface area (Å²) in [5, 5.41) is 0. The summed E-state index contributed by atoms with van der Waals surface area (Å²) in [6.07, 6.45) is 5.49. The third-order valence-corrected chi connectivity index (χ3v) is 8.42. The van der Waals surface area contributed by atoms with E-state index in [1.54, 1.807) is 36.4 Å². The van der Waals surface area contributed by atoms with Crippen LogP contribution in [-0.4, -0.2) is 24.2 Å². The second kappa shape index (κ2) is 8.02. The number of anilines is 1. The molecule has 0 radical (unpaired) electrons. The predicted octanol–water partition coefficient (Wildman–Crippen LogP) is 5.17. The second-order valence-electron chi connectivity index (χ2n) is 10.3. The third kappa shape index (κ3) is 3.26. The Balaban J connectivity index is 1.05. The molecule has 36 heavy (non-hydrogen) atoms. The molecule has 6 atom stereocenters. The lowest BCUT2D eigenvalue weighted by Gasteiger charge is -2.37. The van der Waals surface area contributed by atoms with Gasteiger partial charge in [0.25, 0.3) is 0 Å². The van der Waals surface area contributed by atoms with E-state index in [0.717, 1.165) is 17.5 Å². The Bertz CT molecular complexity index is 1370. The van der Waals surface area contributed by atoms with E-state index in [1.807, 2.05) is 42.5 Å². The van der Waals surface area contributed by atoms with Gasteiger partial charge in [0.15, 0.2) is 12.4 Å². The molecule has 3 aromatic rings. The monoisotopic (exact) mass is 475 g/mol. The molecule has 5 heteroatoms. The highest BCUT2D eigenvalue weighted by Crippen LogP contribution is 2.65. The molecule has 178 valence electrons. The normalized spacial score (nSPS) is 29.2. The summed E-state index contributed by atoms with van der Waals surface area (Å²) in [5.41, 5.74) is 3.23. The Morgan fingerprint density at radius 1 is 0.778 bits per heavy atom. The van der Waals surface area contributed by atoms with Gasteiger partial charge in [-0.3, -0.25) is 14.4 Å². The van der Waals surface area contributed by atoms with Crippen LogP contribution < -0.4 is 9.64 Å². The largest absolute Gasteiger partial charge is 0.485 e. The number of carbonyl (C=O) groups excluding carboxylic acids is 3. The number of ether oxygens (including phenoxy) is 1. The number of nitrogens with zero attached hydrogens (tertiary/aromatic N) is 1. The van der Waals surface area contributed by atoms with Gasteiger partial charge in [0.1, 0.15) is 5.75 Å². The Labute approximate surface area is 209 Å². The number of imide groups is 1. The zero-order valence-electron chi connectivity index (χ0n) is 19.6. The summed E-state index contributed by atoms with van der Waals surface area (Å²) in [5.74, 6) is 1.18. The average Bonchev–Trinajstić information content (AvgIpc) is 3.71. The van der Waals surface area contributed by atoms with Gasteiger partial charge in [0.2, 0.25) is 11.8 Å². The molecule has 5 nitrogen and oxygen atoms in total. The zero-order chi connectivity index (χ0) is 24.4. The van der Waals surface area contributed by atoms with Gasteiger partial charge in [0.05, 0.1) is 17.5 Å². The summed E-state index contributed by atoms with van der Waals surface area (Å²) in [6, 6.07) is 24.4. The number of benzene rings is 3. The number of ketones is 1. The summed E-state index contributed by atoms with van der Waals surface area (Å²) < 4.78 is 5.79. The van der Waals surface area contributed by atoms with Crippen LogP contribution >= 0.6 is 0 Å². The average molecular weight is 476 g/mol. The molecule has 1 aliphatic heterocycles. The van der Waals surface area contributed by atoms with Crippen LogP contribution in [0.4, 0.5) is 5.69 Å².